The number of ether oxygens (including phenoxy) is 1. The van der Waals surface area contributed by atoms with Crippen molar-refractivity contribution in [2.75, 3.05) is 12.4 Å². The highest BCUT2D eigenvalue weighted by Crippen LogP contribution is 2.32. The summed E-state index contributed by atoms with van der Waals surface area (Å²) in [6.07, 6.45) is 5.30. The summed E-state index contributed by atoms with van der Waals surface area (Å²) in [5.41, 5.74) is 1.40. The molecule has 4 aromatic rings. The van der Waals surface area contributed by atoms with Crippen molar-refractivity contribution >= 4 is 34.0 Å². The van der Waals surface area contributed by atoms with E-state index in [1.165, 1.54) is 17.4 Å². The highest BCUT2D eigenvalue weighted by molar-refractivity contribution is 7.19. The molecular weight excluding hydrogens is 378 g/mol. The molecule has 0 bridgehead atoms. The SMILES string of the molecule is CCc1nnc2sc(-c3ccc(OC)c(NC(=O)/C=C/c4ccco4)c3)nn12. The summed E-state index contributed by atoms with van der Waals surface area (Å²) >= 11 is 1.43. The van der Waals surface area contributed by atoms with Crippen molar-refractivity contribution in [3.63, 3.8) is 0 Å². The normalized spacial score (nSPS) is 11.4. The molecule has 0 radical (unpaired) electrons. The molecule has 0 spiro atoms. The minimum atomic E-state index is -0.293. The first-order valence-electron chi connectivity index (χ1n) is 8.60. The second kappa shape index (κ2) is 7.65. The van der Waals surface area contributed by atoms with E-state index in [2.05, 4.69) is 20.6 Å². The Balaban J connectivity index is 1.61. The molecule has 1 N–H and O–H groups in total. The first kappa shape index (κ1) is 17.9. The van der Waals surface area contributed by atoms with E-state index in [-0.39, 0.29) is 5.91 Å². The van der Waals surface area contributed by atoms with Crippen molar-refractivity contribution in [1.82, 2.24) is 19.8 Å². The van der Waals surface area contributed by atoms with Gasteiger partial charge in [0.05, 0.1) is 19.1 Å². The minimum Gasteiger partial charge on any atom is -0.495 e. The van der Waals surface area contributed by atoms with Crippen LogP contribution in [0.3, 0.4) is 0 Å². The van der Waals surface area contributed by atoms with Crippen LogP contribution in [-0.4, -0.2) is 32.8 Å². The van der Waals surface area contributed by atoms with Gasteiger partial charge in [-0.2, -0.15) is 9.61 Å². The van der Waals surface area contributed by atoms with Gasteiger partial charge in [-0.3, -0.25) is 4.79 Å². The molecule has 0 saturated heterocycles. The lowest BCUT2D eigenvalue weighted by Gasteiger charge is -2.10. The van der Waals surface area contributed by atoms with Crippen molar-refractivity contribution in [2.45, 2.75) is 13.3 Å². The minimum absolute atomic E-state index is 0.293. The third-order valence-corrected chi connectivity index (χ3v) is 4.97. The van der Waals surface area contributed by atoms with Crippen LogP contribution in [0.5, 0.6) is 5.75 Å². The molecular formula is C19H17N5O3S. The number of nitrogens with zero attached hydrogens (tertiary/aromatic N) is 4. The fourth-order valence-electron chi connectivity index (χ4n) is 2.65. The van der Waals surface area contributed by atoms with Crippen molar-refractivity contribution in [2.24, 2.45) is 0 Å². The zero-order valence-electron chi connectivity index (χ0n) is 15.2. The topological polar surface area (TPSA) is 94.6 Å². The number of fused-ring (bicyclic) bond motifs is 1. The number of aromatic nitrogens is 4. The Hall–Kier alpha value is -3.46. The number of carbonyl (C=O) groups excluding carboxylic acids is 1. The van der Waals surface area contributed by atoms with E-state index in [1.54, 1.807) is 42.2 Å². The van der Waals surface area contributed by atoms with Gasteiger partial charge in [0, 0.05) is 18.1 Å². The van der Waals surface area contributed by atoms with Crippen LogP contribution < -0.4 is 10.1 Å². The fourth-order valence-corrected chi connectivity index (χ4v) is 3.51. The Kier molecular flexibility index (Phi) is 4.90. The standard InChI is InChI=1S/C19H17N5O3S/c1-3-16-21-22-19-24(16)23-18(28-19)12-6-8-15(26-2)14(11-12)20-17(25)9-7-13-5-4-10-27-13/h4-11H,3H2,1-2H3,(H,20,25)/b9-7+. The average molecular weight is 395 g/mol. The molecule has 9 heteroatoms. The van der Waals surface area contributed by atoms with Crippen molar-refractivity contribution in [1.29, 1.82) is 0 Å². The van der Waals surface area contributed by atoms with Crippen LogP contribution in [0.4, 0.5) is 5.69 Å². The maximum Gasteiger partial charge on any atom is 0.248 e. The number of benzene rings is 1. The molecule has 0 aliphatic heterocycles. The van der Waals surface area contributed by atoms with Crippen LogP contribution in [0, 0.1) is 0 Å². The molecule has 28 heavy (non-hydrogen) atoms. The van der Waals surface area contributed by atoms with Gasteiger partial charge < -0.3 is 14.5 Å². The number of nitrogens with one attached hydrogen (secondary N) is 1. The average Bonchev–Trinajstić information content (AvgIpc) is 3.43. The number of anilines is 1. The van der Waals surface area contributed by atoms with Gasteiger partial charge >= 0.3 is 0 Å². The molecule has 0 atom stereocenters. The zero-order valence-corrected chi connectivity index (χ0v) is 16.1. The molecule has 4 rings (SSSR count). The number of rotatable bonds is 6. The van der Waals surface area contributed by atoms with E-state index in [1.807, 2.05) is 19.1 Å². The lowest BCUT2D eigenvalue weighted by molar-refractivity contribution is -0.111. The second-order valence-corrected chi connectivity index (χ2v) is 6.78. The number of furan rings is 1. The molecule has 1 amide bonds. The van der Waals surface area contributed by atoms with Crippen molar-refractivity contribution < 1.29 is 13.9 Å². The molecule has 3 aromatic heterocycles. The van der Waals surface area contributed by atoms with Gasteiger partial charge in [-0.15, -0.1) is 10.2 Å². The Morgan fingerprint density at radius 3 is 3.00 bits per heavy atom. The number of hydrogen-bond acceptors (Lipinski definition) is 7. The number of aryl methyl sites for hydroxylation is 1. The largest absolute Gasteiger partial charge is 0.495 e. The maximum atomic E-state index is 12.3. The molecule has 0 saturated carbocycles. The highest BCUT2D eigenvalue weighted by Gasteiger charge is 2.14. The summed E-state index contributed by atoms with van der Waals surface area (Å²) in [5.74, 6) is 1.67. The molecule has 0 unspecified atom stereocenters. The van der Waals surface area contributed by atoms with Gasteiger partial charge in [-0.25, -0.2) is 0 Å². The van der Waals surface area contributed by atoms with E-state index in [0.717, 1.165) is 27.8 Å². The Labute approximate surface area is 164 Å². The maximum absolute atomic E-state index is 12.3. The molecule has 8 nitrogen and oxygen atoms in total. The third-order valence-electron chi connectivity index (χ3n) is 4.02. The van der Waals surface area contributed by atoms with Gasteiger partial charge in [-0.1, -0.05) is 18.3 Å². The number of hydrogen-bond donors (Lipinski definition) is 1. The highest BCUT2D eigenvalue weighted by atomic mass is 32.1. The summed E-state index contributed by atoms with van der Waals surface area (Å²) in [4.78, 5) is 13.0. The third kappa shape index (κ3) is 3.52. The summed E-state index contributed by atoms with van der Waals surface area (Å²) in [5, 5.41) is 16.5. The molecule has 3 heterocycles. The number of carbonyl (C=O) groups is 1. The Bertz CT molecular complexity index is 1140. The van der Waals surface area contributed by atoms with Gasteiger partial charge in [0.2, 0.25) is 10.9 Å². The van der Waals surface area contributed by atoms with Crippen molar-refractivity contribution in [3.05, 3.63) is 54.3 Å². The Morgan fingerprint density at radius 2 is 2.25 bits per heavy atom. The van der Waals surface area contributed by atoms with Gasteiger partial charge in [0.15, 0.2) is 5.82 Å². The van der Waals surface area contributed by atoms with Gasteiger partial charge in [-0.05, 0) is 36.4 Å². The van der Waals surface area contributed by atoms with E-state index in [4.69, 9.17) is 9.15 Å². The van der Waals surface area contributed by atoms with Crippen LogP contribution in [-0.2, 0) is 11.2 Å². The predicted octanol–water partition coefficient (Wildman–Crippen LogP) is 3.67. The molecule has 1 aromatic carbocycles. The van der Waals surface area contributed by atoms with E-state index < -0.39 is 0 Å². The fraction of sp³-hybridized carbons (Fsp3) is 0.158. The summed E-state index contributed by atoms with van der Waals surface area (Å²) < 4.78 is 12.3. The second-order valence-electron chi connectivity index (χ2n) is 5.82. The van der Waals surface area contributed by atoms with Crippen LogP contribution in [0.1, 0.15) is 18.5 Å². The summed E-state index contributed by atoms with van der Waals surface area (Å²) in [7, 11) is 1.56. The molecule has 0 fully saturated rings. The van der Waals surface area contributed by atoms with Crippen LogP contribution >= 0.6 is 11.3 Å². The first-order chi connectivity index (χ1) is 13.7. The molecule has 0 aliphatic carbocycles. The summed E-state index contributed by atoms with van der Waals surface area (Å²) in [6.45, 7) is 2.01. The predicted molar refractivity (Wildman–Crippen MR) is 106 cm³/mol. The van der Waals surface area contributed by atoms with E-state index in [0.29, 0.717) is 17.2 Å². The van der Waals surface area contributed by atoms with Gasteiger partial charge in [0.1, 0.15) is 16.5 Å². The van der Waals surface area contributed by atoms with Crippen LogP contribution in [0.2, 0.25) is 0 Å². The Morgan fingerprint density at radius 1 is 1.36 bits per heavy atom. The number of amides is 1. The lowest BCUT2D eigenvalue weighted by Crippen LogP contribution is -2.09. The zero-order chi connectivity index (χ0) is 19.5. The van der Waals surface area contributed by atoms with E-state index >= 15 is 0 Å². The van der Waals surface area contributed by atoms with Gasteiger partial charge in [0.25, 0.3) is 0 Å². The lowest BCUT2D eigenvalue weighted by atomic mass is 10.2. The van der Waals surface area contributed by atoms with E-state index in [9.17, 15) is 4.79 Å². The van der Waals surface area contributed by atoms with Crippen LogP contribution in [0.15, 0.2) is 47.1 Å². The molecule has 0 aliphatic rings. The smallest absolute Gasteiger partial charge is 0.248 e. The van der Waals surface area contributed by atoms with Crippen molar-refractivity contribution in [3.8, 4) is 16.3 Å². The monoisotopic (exact) mass is 395 g/mol. The quantitative estimate of drug-likeness (QED) is 0.501. The van der Waals surface area contributed by atoms with Crippen LogP contribution in [0.25, 0.3) is 21.6 Å². The number of methoxy groups -OCH3 is 1. The summed E-state index contributed by atoms with van der Waals surface area (Å²) in [6, 6.07) is 9.04. The molecule has 142 valence electrons. The first-order valence-corrected chi connectivity index (χ1v) is 9.41.